The Bertz CT molecular complexity index is 1330. The number of aromatic nitrogens is 2. The van der Waals surface area contributed by atoms with E-state index in [0.717, 1.165) is 0 Å². The molecule has 0 amide bonds. The third kappa shape index (κ3) is 4.01. The molecule has 0 saturated carbocycles. The number of nitriles is 1. The summed E-state index contributed by atoms with van der Waals surface area (Å²) in [6.07, 6.45) is 0. The minimum atomic E-state index is -0.729. The number of nitrogens with zero attached hydrogens (tertiary/aromatic N) is 3. The lowest BCUT2D eigenvalue weighted by atomic mass is 9.79. The summed E-state index contributed by atoms with van der Waals surface area (Å²) < 4.78 is 13.3. The fraction of sp³-hybridized carbons (Fsp3) is 0.269. The van der Waals surface area contributed by atoms with Crippen molar-refractivity contribution in [2.45, 2.75) is 33.6 Å². The van der Waals surface area contributed by atoms with Crippen LogP contribution < -0.4 is 15.0 Å². The Morgan fingerprint density at radius 2 is 1.82 bits per heavy atom. The summed E-state index contributed by atoms with van der Waals surface area (Å²) >= 11 is 6.57. The van der Waals surface area contributed by atoms with Gasteiger partial charge in [0.05, 0.1) is 35.4 Å². The highest BCUT2D eigenvalue weighted by molar-refractivity contribution is 6.31. The second kappa shape index (κ2) is 8.76. The van der Waals surface area contributed by atoms with E-state index in [4.69, 9.17) is 21.1 Å². The van der Waals surface area contributed by atoms with Gasteiger partial charge in [0.1, 0.15) is 5.76 Å². The molecule has 0 aliphatic carbocycles. The minimum Gasteiger partial charge on any atom is -0.465 e. The summed E-state index contributed by atoms with van der Waals surface area (Å²) in [5.74, 6) is -0.147. The van der Waals surface area contributed by atoms with Gasteiger partial charge in [-0.25, -0.2) is 4.57 Å². The molecule has 6 nitrogen and oxygen atoms in total. The van der Waals surface area contributed by atoms with Crippen molar-refractivity contribution in [3.05, 3.63) is 92.4 Å². The number of ether oxygens (including phenoxy) is 2. The molecule has 1 aliphatic heterocycles. The van der Waals surface area contributed by atoms with Crippen LogP contribution in [0, 0.1) is 16.7 Å². The first-order valence-electron chi connectivity index (χ1n) is 10.7. The number of hydrogen-bond donors (Lipinski definition) is 0. The van der Waals surface area contributed by atoms with E-state index in [1.165, 1.54) is 4.57 Å². The van der Waals surface area contributed by atoms with E-state index in [2.05, 4.69) is 11.1 Å². The third-order valence-electron chi connectivity index (χ3n) is 5.38. The molecule has 33 heavy (non-hydrogen) atoms. The molecular weight excluding hydrogens is 438 g/mol. The SMILES string of the molecule is CCOc1nc2c(c(=O)n1-c1ccccc1)C(c1ccccc1Cl)C(C#N)=C(C(C)(C)C)O2. The van der Waals surface area contributed by atoms with Gasteiger partial charge >= 0.3 is 6.01 Å². The van der Waals surface area contributed by atoms with Crippen LogP contribution in [0.5, 0.6) is 11.9 Å². The summed E-state index contributed by atoms with van der Waals surface area (Å²) in [7, 11) is 0. The minimum absolute atomic E-state index is 0.124. The summed E-state index contributed by atoms with van der Waals surface area (Å²) in [4.78, 5) is 18.6. The maximum Gasteiger partial charge on any atom is 0.307 e. The molecule has 2 aromatic carbocycles. The zero-order valence-corrected chi connectivity index (χ0v) is 19.7. The van der Waals surface area contributed by atoms with Gasteiger partial charge in [0.15, 0.2) is 0 Å². The van der Waals surface area contributed by atoms with Gasteiger partial charge in [0.25, 0.3) is 5.56 Å². The lowest BCUT2D eigenvalue weighted by molar-refractivity contribution is 0.253. The Labute approximate surface area is 197 Å². The van der Waals surface area contributed by atoms with Crippen LogP contribution in [0.2, 0.25) is 5.02 Å². The number of allylic oxidation sites excluding steroid dienone is 2. The van der Waals surface area contributed by atoms with E-state index in [1.54, 1.807) is 18.2 Å². The molecule has 0 spiro atoms. The van der Waals surface area contributed by atoms with Gasteiger partial charge in [-0.2, -0.15) is 10.2 Å². The fourth-order valence-electron chi connectivity index (χ4n) is 3.97. The third-order valence-corrected chi connectivity index (χ3v) is 5.72. The molecule has 1 aliphatic rings. The topological polar surface area (TPSA) is 77.1 Å². The van der Waals surface area contributed by atoms with Crippen LogP contribution in [0.1, 0.15) is 44.7 Å². The van der Waals surface area contributed by atoms with Gasteiger partial charge in [-0.15, -0.1) is 0 Å². The van der Waals surface area contributed by atoms with E-state index >= 15 is 0 Å². The quantitative estimate of drug-likeness (QED) is 0.503. The second-order valence-electron chi connectivity index (χ2n) is 8.68. The molecule has 7 heteroatoms. The Hall–Kier alpha value is -3.56. The number of halogens is 1. The van der Waals surface area contributed by atoms with Crippen molar-refractivity contribution < 1.29 is 9.47 Å². The van der Waals surface area contributed by atoms with Crippen LogP contribution in [-0.4, -0.2) is 16.2 Å². The summed E-state index contributed by atoms with van der Waals surface area (Å²) in [5.41, 5.74) is 0.947. The Morgan fingerprint density at radius 1 is 1.15 bits per heavy atom. The first kappa shape index (κ1) is 22.6. The smallest absolute Gasteiger partial charge is 0.307 e. The van der Waals surface area contributed by atoms with Crippen molar-refractivity contribution >= 4 is 11.6 Å². The number of benzene rings is 2. The molecule has 168 valence electrons. The van der Waals surface area contributed by atoms with Crippen molar-refractivity contribution in [1.29, 1.82) is 5.26 Å². The number of hydrogen-bond acceptors (Lipinski definition) is 5. The molecule has 0 bridgehead atoms. The average Bonchev–Trinajstić information content (AvgIpc) is 2.78. The van der Waals surface area contributed by atoms with Gasteiger partial charge < -0.3 is 9.47 Å². The van der Waals surface area contributed by atoms with Crippen molar-refractivity contribution in [1.82, 2.24) is 9.55 Å². The van der Waals surface area contributed by atoms with Gasteiger partial charge in [0.2, 0.25) is 5.88 Å². The van der Waals surface area contributed by atoms with Gasteiger partial charge in [0, 0.05) is 10.4 Å². The molecule has 1 atom stereocenters. The normalized spacial score (nSPS) is 15.5. The number of fused-ring (bicyclic) bond motifs is 1. The maximum atomic E-state index is 14.0. The molecule has 4 rings (SSSR count). The van der Waals surface area contributed by atoms with E-state index in [1.807, 2.05) is 64.1 Å². The van der Waals surface area contributed by atoms with Gasteiger partial charge in [-0.3, -0.25) is 4.79 Å². The zero-order valence-electron chi connectivity index (χ0n) is 18.9. The van der Waals surface area contributed by atoms with E-state index in [-0.39, 0.29) is 23.0 Å². The molecule has 0 fully saturated rings. The van der Waals surface area contributed by atoms with Crippen LogP contribution in [0.3, 0.4) is 0 Å². The van der Waals surface area contributed by atoms with Crippen LogP contribution in [0.4, 0.5) is 0 Å². The van der Waals surface area contributed by atoms with Crippen molar-refractivity contribution in [3.63, 3.8) is 0 Å². The van der Waals surface area contributed by atoms with Crippen molar-refractivity contribution in [2.75, 3.05) is 6.61 Å². The Kier molecular flexibility index (Phi) is 6.01. The summed E-state index contributed by atoms with van der Waals surface area (Å²) in [6, 6.07) is 18.8. The highest BCUT2D eigenvalue weighted by atomic mass is 35.5. The van der Waals surface area contributed by atoms with E-state index in [9.17, 15) is 10.1 Å². The van der Waals surface area contributed by atoms with Crippen LogP contribution in [0.15, 0.2) is 70.7 Å². The molecule has 2 heterocycles. The van der Waals surface area contributed by atoms with Crippen LogP contribution >= 0.6 is 11.6 Å². The van der Waals surface area contributed by atoms with Crippen LogP contribution in [0.25, 0.3) is 5.69 Å². The molecule has 1 aromatic heterocycles. The zero-order chi connectivity index (χ0) is 23.8. The molecular formula is C26H24ClN3O3. The molecule has 3 aromatic rings. The fourth-order valence-corrected chi connectivity index (χ4v) is 4.22. The Balaban J connectivity index is 2.11. The van der Waals surface area contributed by atoms with E-state index in [0.29, 0.717) is 34.2 Å². The van der Waals surface area contributed by atoms with Crippen molar-refractivity contribution in [3.8, 4) is 23.6 Å². The average molecular weight is 462 g/mol. The van der Waals surface area contributed by atoms with Gasteiger partial charge in [-0.05, 0) is 30.7 Å². The molecule has 0 radical (unpaired) electrons. The Morgan fingerprint density at radius 3 is 2.42 bits per heavy atom. The largest absolute Gasteiger partial charge is 0.465 e. The van der Waals surface area contributed by atoms with E-state index < -0.39 is 11.3 Å². The highest BCUT2D eigenvalue weighted by Crippen LogP contribution is 2.47. The predicted octanol–water partition coefficient (Wildman–Crippen LogP) is 5.63. The van der Waals surface area contributed by atoms with Gasteiger partial charge in [-0.1, -0.05) is 68.8 Å². The predicted molar refractivity (Wildman–Crippen MR) is 127 cm³/mol. The molecule has 0 N–H and O–H groups in total. The lowest BCUT2D eigenvalue weighted by Crippen LogP contribution is -2.34. The lowest BCUT2D eigenvalue weighted by Gasteiger charge is -2.33. The number of para-hydroxylation sites is 1. The monoisotopic (exact) mass is 461 g/mol. The first-order chi connectivity index (χ1) is 15.8. The second-order valence-corrected chi connectivity index (χ2v) is 9.09. The van der Waals surface area contributed by atoms with Crippen molar-refractivity contribution in [2.24, 2.45) is 5.41 Å². The highest BCUT2D eigenvalue weighted by Gasteiger charge is 2.40. The number of rotatable bonds is 4. The standard InChI is InChI=1S/C26H24ClN3O3/c1-5-32-25-29-23-21(24(31)30(25)16-11-7-6-8-12-16)20(17-13-9-10-14-19(17)27)18(15-28)22(33-23)26(2,3)4/h6-14,20H,5H2,1-4H3. The summed E-state index contributed by atoms with van der Waals surface area (Å²) in [5, 5.41) is 10.7. The van der Waals surface area contributed by atoms with Crippen LogP contribution in [-0.2, 0) is 0 Å². The first-order valence-corrected chi connectivity index (χ1v) is 11.1. The molecule has 0 saturated heterocycles. The summed E-state index contributed by atoms with van der Waals surface area (Å²) in [6.45, 7) is 7.98. The maximum absolute atomic E-state index is 14.0. The molecule has 1 unspecified atom stereocenters.